The van der Waals surface area contributed by atoms with Crippen LogP contribution in [0.4, 0.5) is 10.1 Å². The number of hydrogen-bond acceptors (Lipinski definition) is 4. The molecule has 0 saturated heterocycles. The molecule has 4 N–H and O–H groups in total. The predicted molar refractivity (Wildman–Crippen MR) is 82.0 cm³/mol. The third-order valence-corrected chi connectivity index (χ3v) is 3.51. The number of nitrogens with two attached hydrogens (primary N) is 1. The van der Waals surface area contributed by atoms with Crippen molar-refractivity contribution < 1.29 is 19.0 Å². The highest BCUT2D eigenvalue weighted by Gasteiger charge is 2.20. The van der Waals surface area contributed by atoms with Gasteiger partial charge in [0.2, 0.25) is 0 Å². The highest BCUT2D eigenvalue weighted by Crippen LogP contribution is 2.33. The number of carboxylic acids is 1. The van der Waals surface area contributed by atoms with Crippen molar-refractivity contribution in [2.24, 2.45) is 0 Å². The number of carboxylic acid groups (broad SMARTS) is 1. The first-order valence-electron chi connectivity index (χ1n) is 5.83. The molecule has 2 aromatic rings. The number of ether oxygens (including phenoxy) is 1. The topological polar surface area (TPSA) is 105 Å². The number of halogens is 3. The van der Waals surface area contributed by atoms with E-state index in [1.54, 1.807) is 0 Å². The van der Waals surface area contributed by atoms with E-state index in [1.807, 2.05) is 0 Å². The lowest BCUT2D eigenvalue weighted by atomic mass is 10.2. The van der Waals surface area contributed by atoms with Gasteiger partial charge in [0.1, 0.15) is 10.2 Å². The molecule has 0 saturated carbocycles. The van der Waals surface area contributed by atoms with E-state index in [1.165, 1.54) is 18.2 Å². The molecule has 0 atom stereocenters. The largest absolute Gasteiger partial charge is 0.481 e. The van der Waals surface area contributed by atoms with E-state index in [0.29, 0.717) is 0 Å². The fourth-order valence-electron chi connectivity index (χ4n) is 1.71. The lowest BCUT2D eigenvalue weighted by Gasteiger charge is -2.11. The molecule has 0 radical (unpaired) electrons. The Morgan fingerprint density at radius 3 is 2.73 bits per heavy atom. The Bertz CT molecular complexity index is 789. The second-order valence-electron chi connectivity index (χ2n) is 4.28. The zero-order valence-corrected chi connectivity index (χ0v) is 13.2. The number of H-pyrrole nitrogens is 1. The monoisotopic (exact) mass is 390 g/mol. The van der Waals surface area contributed by atoms with Crippen molar-refractivity contribution >= 4 is 39.2 Å². The number of hydrogen-bond donors (Lipinski definition) is 3. The van der Waals surface area contributed by atoms with Crippen molar-refractivity contribution in [1.82, 2.24) is 4.98 Å². The Kier molecular flexibility index (Phi) is 4.72. The molecule has 1 aromatic carbocycles. The summed E-state index contributed by atoms with van der Waals surface area (Å²) in [6, 6.07) is 4.23. The standard InChI is InChI=1S/C13H9BrClFN2O4/c14-10-12(22-7-2-5(15)1-6(17)3-7)11(16)8(4-9(19)20)18-13(10)21/h1-3H,4,17H2,(H,18,21)(H,19,20). The van der Waals surface area contributed by atoms with E-state index >= 15 is 0 Å². The van der Waals surface area contributed by atoms with E-state index in [9.17, 15) is 14.0 Å². The number of aromatic amines is 1. The van der Waals surface area contributed by atoms with Gasteiger partial charge in [-0.1, -0.05) is 11.6 Å². The number of benzene rings is 1. The van der Waals surface area contributed by atoms with Gasteiger partial charge in [-0.25, -0.2) is 4.39 Å². The molecule has 0 spiro atoms. The van der Waals surface area contributed by atoms with Gasteiger partial charge in [0, 0.05) is 16.8 Å². The summed E-state index contributed by atoms with van der Waals surface area (Å²) in [7, 11) is 0. The van der Waals surface area contributed by atoms with Crippen LogP contribution < -0.4 is 16.0 Å². The number of rotatable bonds is 4. The number of anilines is 1. The van der Waals surface area contributed by atoms with E-state index in [4.69, 9.17) is 27.2 Å². The van der Waals surface area contributed by atoms with Gasteiger partial charge in [0.05, 0.1) is 12.1 Å². The Balaban J connectivity index is 2.52. The molecule has 22 heavy (non-hydrogen) atoms. The first-order valence-corrected chi connectivity index (χ1v) is 7.01. The summed E-state index contributed by atoms with van der Waals surface area (Å²) in [6.45, 7) is 0. The van der Waals surface area contributed by atoms with Crippen molar-refractivity contribution in [3.05, 3.63) is 49.6 Å². The van der Waals surface area contributed by atoms with Gasteiger partial charge in [-0.15, -0.1) is 0 Å². The molecule has 9 heteroatoms. The first-order chi connectivity index (χ1) is 10.3. The second kappa shape index (κ2) is 6.37. The lowest BCUT2D eigenvalue weighted by Crippen LogP contribution is -2.16. The van der Waals surface area contributed by atoms with Crippen LogP contribution in [0.5, 0.6) is 11.5 Å². The van der Waals surface area contributed by atoms with Crippen LogP contribution in [0.2, 0.25) is 5.02 Å². The van der Waals surface area contributed by atoms with Crippen molar-refractivity contribution in [1.29, 1.82) is 0 Å². The fourth-order valence-corrected chi connectivity index (χ4v) is 2.29. The van der Waals surface area contributed by atoms with Crippen molar-refractivity contribution in [2.45, 2.75) is 6.42 Å². The SMILES string of the molecule is Nc1cc(Cl)cc(Oc2c(F)c(CC(=O)O)[nH]c(=O)c2Br)c1. The van der Waals surface area contributed by atoms with E-state index < -0.39 is 35.2 Å². The summed E-state index contributed by atoms with van der Waals surface area (Å²) in [5.74, 6) is -2.62. The number of aromatic nitrogens is 1. The minimum atomic E-state index is -1.30. The minimum absolute atomic E-state index is 0.108. The van der Waals surface area contributed by atoms with Gasteiger partial charge < -0.3 is 20.6 Å². The van der Waals surface area contributed by atoms with Gasteiger partial charge in [0.15, 0.2) is 11.6 Å². The Hall–Kier alpha value is -2.06. The molecule has 1 aromatic heterocycles. The molecule has 0 bridgehead atoms. The number of carbonyl (C=O) groups is 1. The Labute approximate surface area is 136 Å². The highest BCUT2D eigenvalue weighted by molar-refractivity contribution is 9.10. The molecule has 116 valence electrons. The predicted octanol–water partition coefficient (Wildman–Crippen LogP) is 2.93. The van der Waals surface area contributed by atoms with Gasteiger partial charge in [-0.3, -0.25) is 9.59 Å². The third-order valence-electron chi connectivity index (χ3n) is 2.57. The Morgan fingerprint density at radius 1 is 1.45 bits per heavy atom. The van der Waals surface area contributed by atoms with Crippen LogP contribution in [0.3, 0.4) is 0 Å². The molecule has 6 nitrogen and oxygen atoms in total. The summed E-state index contributed by atoms with van der Waals surface area (Å²) >= 11 is 8.72. The maximum atomic E-state index is 14.3. The Morgan fingerprint density at radius 2 is 2.14 bits per heavy atom. The van der Waals surface area contributed by atoms with E-state index in [0.717, 1.165) is 0 Å². The van der Waals surface area contributed by atoms with Gasteiger partial charge >= 0.3 is 5.97 Å². The van der Waals surface area contributed by atoms with Crippen LogP contribution in [0.25, 0.3) is 0 Å². The molecule has 0 aliphatic carbocycles. The molecular formula is C13H9BrClFN2O4. The highest BCUT2D eigenvalue weighted by atomic mass is 79.9. The molecule has 0 aliphatic rings. The maximum Gasteiger partial charge on any atom is 0.309 e. The minimum Gasteiger partial charge on any atom is -0.481 e. The maximum absolute atomic E-state index is 14.3. The smallest absolute Gasteiger partial charge is 0.309 e. The van der Waals surface area contributed by atoms with Crippen LogP contribution in [0.15, 0.2) is 27.5 Å². The van der Waals surface area contributed by atoms with Crippen molar-refractivity contribution in [3.63, 3.8) is 0 Å². The summed E-state index contributed by atoms with van der Waals surface area (Å²) < 4.78 is 19.4. The third kappa shape index (κ3) is 3.58. The first kappa shape index (κ1) is 16.3. The van der Waals surface area contributed by atoms with Crippen LogP contribution in [-0.2, 0) is 11.2 Å². The van der Waals surface area contributed by atoms with Crippen LogP contribution >= 0.6 is 27.5 Å². The zero-order chi connectivity index (χ0) is 16.4. The molecule has 2 rings (SSSR count). The zero-order valence-electron chi connectivity index (χ0n) is 10.8. The van der Waals surface area contributed by atoms with Gasteiger partial charge in [-0.2, -0.15) is 0 Å². The average molecular weight is 392 g/mol. The van der Waals surface area contributed by atoms with Crippen LogP contribution in [0.1, 0.15) is 5.69 Å². The number of aliphatic carboxylic acids is 1. The van der Waals surface area contributed by atoms with Crippen molar-refractivity contribution in [3.8, 4) is 11.5 Å². The van der Waals surface area contributed by atoms with E-state index in [2.05, 4.69) is 20.9 Å². The normalized spacial score (nSPS) is 10.5. The molecule has 0 amide bonds. The van der Waals surface area contributed by atoms with Gasteiger partial charge in [-0.05, 0) is 28.1 Å². The van der Waals surface area contributed by atoms with Crippen molar-refractivity contribution in [2.75, 3.05) is 5.73 Å². The molecule has 0 aliphatic heterocycles. The summed E-state index contributed by atoms with van der Waals surface area (Å²) in [5.41, 5.74) is 4.77. The summed E-state index contributed by atoms with van der Waals surface area (Å²) in [4.78, 5) is 24.6. The van der Waals surface area contributed by atoms with Gasteiger partial charge in [0.25, 0.3) is 5.56 Å². The summed E-state index contributed by atoms with van der Waals surface area (Å²) in [6.07, 6.45) is -0.692. The number of pyridine rings is 1. The lowest BCUT2D eigenvalue weighted by molar-refractivity contribution is -0.136. The fraction of sp³-hybridized carbons (Fsp3) is 0.0769. The number of nitrogens with one attached hydrogen (secondary N) is 1. The average Bonchev–Trinajstić information content (AvgIpc) is 2.39. The quantitative estimate of drug-likeness (QED) is 0.695. The molecular weight excluding hydrogens is 383 g/mol. The second-order valence-corrected chi connectivity index (χ2v) is 5.51. The summed E-state index contributed by atoms with van der Waals surface area (Å²) in [5, 5.41) is 9.00. The van der Waals surface area contributed by atoms with Crippen LogP contribution in [0, 0.1) is 5.82 Å². The molecule has 0 unspecified atom stereocenters. The van der Waals surface area contributed by atoms with Crippen LogP contribution in [-0.4, -0.2) is 16.1 Å². The number of nitrogen functional groups attached to an aromatic ring is 1. The van der Waals surface area contributed by atoms with E-state index in [-0.39, 0.29) is 20.9 Å². The molecule has 0 fully saturated rings. The molecule has 1 heterocycles.